The molecule has 20 heavy (non-hydrogen) atoms. The minimum absolute atomic E-state index is 0.0120. The lowest BCUT2D eigenvalue weighted by molar-refractivity contribution is -0.132. The highest BCUT2D eigenvalue weighted by atomic mass is 16.5. The molecule has 0 radical (unpaired) electrons. The molecule has 1 amide bonds. The summed E-state index contributed by atoms with van der Waals surface area (Å²) in [4.78, 5) is 25.4. The molecule has 104 valence electrons. The minimum atomic E-state index is -1.01. The second-order valence-electron chi connectivity index (χ2n) is 5.12. The number of amides is 1. The fourth-order valence-electron chi connectivity index (χ4n) is 2.17. The summed E-state index contributed by atoms with van der Waals surface area (Å²) < 4.78 is 5.66. The van der Waals surface area contributed by atoms with Crippen LogP contribution in [-0.2, 0) is 4.79 Å². The lowest BCUT2D eigenvalue weighted by atomic mass is 10.0. The molecule has 0 aliphatic carbocycles. The Labute approximate surface area is 117 Å². The Morgan fingerprint density at radius 3 is 2.75 bits per heavy atom. The van der Waals surface area contributed by atoms with E-state index in [2.05, 4.69) is 0 Å². The predicted molar refractivity (Wildman–Crippen MR) is 73.7 cm³/mol. The number of ether oxygens (including phenoxy) is 1. The van der Waals surface area contributed by atoms with Gasteiger partial charge in [-0.05, 0) is 32.0 Å². The molecular weight excluding hydrogens is 256 g/mol. The van der Waals surface area contributed by atoms with Crippen LogP contribution >= 0.6 is 0 Å². The zero-order chi connectivity index (χ0) is 14.9. The molecule has 5 heteroatoms. The first kappa shape index (κ1) is 14.1. The van der Waals surface area contributed by atoms with E-state index in [9.17, 15) is 9.59 Å². The van der Waals surface area contributed by atoms with E-state index >= 15 is 0 Å². The van der Waals surface area contributed by atoms with Gasteiger partial charge in [-0.2, -0.15) is 5.26 Å². The first-order valence-corrected chi connectivity index (χ1v) is 6.46. The quantitative estimate of drug-likeness (QED) is 0.625. The smallest absolute Gasteiger partial charge is 0.271 e. The topological polar surface area (TPSA) is 70.4 Å². The first-order valence-electron chi connectivity index (χ1n) is 6.46. The van der Waals surface area contributed by atoms with E-state index in [4.69, 9.17) is 10.00 Å². The van der Waals surface area contributed by atoms with Gasteiger partial charge in [0.1, 0.15) is 12.3 Å². The molecule has 0 unspecified atom stereocenters. The van der Waals surface area contributed by atoms with Crippen molar-refractivity contribution in [2.24, 2.45) is 0 Å². The van der Waals surface area contributed by atoms with Gasteiger partial charge in [0.15, 0.2) is 11.4 Å². The molecule has 5 nitrogen and oxygen atoms in total. The van der Waals surface area contributed by atoms with Gasteiger partial charge < -0.3 is 4.74 Å². The third-order valence-corrected chi connectivity index (χ3v) is 3.25. The van der Waals surface area contributed by atoms with Crippen LogP contribution in [-0.4, -0.2) is 23.8 Å². The molecule has 1 heterocycles. The SMILES string of the molecule is CCC(=O)c1ccc2c(c1)N(CC#N)C(=O)C(C)(C)O2. The summed E-state index contributed by atoms with van der Waals surface area (Å²) in [5, 5.41) is 8.91. The molecule has 0 fully saturated rings. The molecule has 0 saturated carbocycles. The number of rotatable bonds is 3. The molecule has 0 saturated heterocycles. The lowest BCUT2D eigenvalue weighted by Crippen LogP contribution is -2.52. The average molecular weight is 272 g/mol. The third-order valence-electron chi connectivity index (χ3n) is 3.25. The van der Waals surface area contributed by atoms with Crippen molar-refractivity contribution in [3.8, 4) is 11.8 Å². The van der Waals surface area contributed by atoms with Crippen LogP contribution in [0.25, 0.3) is 0 Å². The molecular formula is C15H16N2O3. The van der Waals surface area contributed by atoms with Crippen LogP contribution in [0.1, 0.15) is 37.6 Å². The summed E-state index contributed by atoms with van der Waals surface area (Å²) in [6.07, 6.45) is 0.386. The van der Waals surface area contributed by atoms with Gasteiger partial charge in [-0.15, -0.1) is 0 Å². The second-order valence-corrected chi connectivity index (χ2v) is 5.12. The van der Waals surface area contributed by atoms with Crippen molar-refractivity contribution in [3.63, 3.8) is 0 Å². The van der Waals surface area contributed by atoms with Gasteiger partial charge in [-0.25, -0.2) is 0 Å². The van der Waals surface area contributed by atoms with E-state index in [0.29, 0.717) is 23.4 Å². The number of carbonyl (C=O) groups is 2. The molecule has 1 aliphatic heterocycles. The number of benzene rings is 1. The van der Waals surface area contributed by atoms with E-state index < -0.39 is 5.60 Å². The fraction of sp³-hybridized carbons (Fsp3) is 0.400. The Bertz CT molecular complexity index is 614. The van der Waals surface area contributed by atoms with Gasteiger partial charge in [0.05, 0.1) is 11.8 Å². The molecule has 1 aromatic carbocycles. The summed E-state index contributed by atoms with van der Waals surface area (Å²) in [6, 6.07) is 6.95. The summed E-state index contributed by atoms with van der Waals surface area (Å²) >= 11 is 0. The predicted octanol–water partition coefficient (Wildman–Crippen LogP) is 2.31. The zero-order valence-electron chi connectivity index (χ0n) is 11.8. The zero-order valence-corrected chi connectivity index (χ0v) is 11.8. The Balaban J connectivity index is 2.54. The molecule has 0 aromatic heterocycles. The minimum Gasteiger partial charge on any atom is -0.476 e. The standard InChI is InChI=1S/C15H16N2O3/c1-4-12(18)10-5-6-13-11(9-10)17(8-7-16)14(19)15(2,3)20-13/h5-6,9H,4,8H2,1-3H3. The Kier molecular flexibility index (Phi) is 3.49. The van der Waals surface area contributed by atoms with Crippen molar-refractivity contribution in [2.45, 2.75) is 32.8 Å². The fourth-order valence-corrected chi connectivity index (χ4v) is 2.17. The normalized spacial score (nSPS) is 16.1. The highest BCUT2D eigenvalue weighted by molar-refractivity contribution is 6.04. The summed E-state index contributed by atoms with van der Waals surface area (Å²) in [5.74, 6) is 0.215. The number of hydrogen-bond acceptors (Lipinski definition) is 4. The Hall–Kier alpha value is -2.35. The van der Waals surface area contributed by atoms with Crippen molar-refractivity contribution in [2.75, 3.05) is 11.4 Å². The van der Waals surface area contributed by atoms with Gasteiger partial charge in [0, 0.05) is 12.0 Å². The van der Waals surface area contributed by atoms with Gasteiger partial charge in [-0.3, -0.25) is 14.5 Å². The number of fused-ring (bicyclic) bond motifs is 1. The van der Waals surface area contributed by atoms with Crippen LogP contribution in [0.5, 0.6) is 5.75 Å². The summed E-state index contributed by atoms with van der Waals surface area (Å²) in [7, 11) is 0. The van der Waals surface area contributed by atoms with Gasteiger partial charge in [0.2, 0.25) is 0 Å². The molecule has 0 bridgehead atoms. The maximum absolute atomic E-state index is 12.3. The number of nitrogens with zero attached hydrogens (tertiary/aromatic N) is 2. The van der Waals surface area contributed by atoms with E-state index in [1.165, 1.54) is 4.90 Å². The van der Waals surface area contributed by atoms with Gasteiger partial charge in [0.25, 0.3) is 5.91 Å². The van der Waals surface area contributed by atoms with Crippen LogP contribution in [0.15, 0.2) is 18.2 Å². The first-order chi connectivity index (χ1) is 9.40. The number of carbonyl (C=O) groups excluding carboxylic acids is 2. The van der Waals surface area contributed by atoms with Crippen molar-refractivity contribution in [3.05, 3.63) is 23.8 Å². The van der Waals surface area contributed by atoms with Crippen molar-refractivity contribution in [1.82, 2.24) is 0 Å². The summed E-state index contributed by atoms with van der Waals surface area (Å²) in [5.41, 5.74) is -0.0133. The number of hydrogen-bond donors (Lipinski definition) is 0. The average Bonchev–Trinajstić information content (AvgIpc) is 2.42. The van der Waals surface area contributed by atoms with Crippen molar-refractivity contribution >= 4 is 17.4 Å². The molecule has 0 N–H and O–H groups in total. The second kappa shape index (κ2) is 4.97. The van der Waals surface area contributed by atoms with Crippen LogP contribution in [0.2, 0.25) is 0 Å². The maximum Gasteiger partial charge on any atom is 0.271 e. The van der Waals surface area contributed by atoms with Crippen LogP contribution in [0.3, 0.4) is 0 Å². The van der Waals surface area contributed by atoms with Crippen molar-refractivity contribution < 1.29 is 14.3 Å². The van der Waals surface area contributed by atoms with Crippen LogP contribution in [0, 0.1) is 11.3 Å². The number of anilines is 1. The van der Waals surface area contributed by atoms with Gasteiger partial charge >= 0.3 is 0 Å². The Morgan fingerprint density at radius 2 is 2.15 bits per heavy atom. The highest BCUT2D eigenvalue weighted by Crippen LogP contribution is 2.38. The summed E-state index contributed by atoms with van der Waals surface area (Å²) in [6.45, 7) is 5.03. The molecule has 1 aromatic rings. The van der Waals surface area contributed by atoms with Gasteiger partial charge in [-0.1, -0.05) is 6.92 Å². The molecule has 1 aliphatic rings. The molecule has 0 atom stereocenters. The van der Waals surface area contributed by atoms with Crippen LogP contribution in [0.4, 0.5) is 5.69 Å². The molecule has 0 spiro atoms. The number of Topliss-reactive ketones (excluding diaryl/α,β-unsaturated/α-hetero) is 1. The third kappa shape index (κ3) is 2.25. The van der Waals surface area contributed by atoms with E-state index in [0.717, 1.165) is 0 Å². The van der Waals surface area contributed by atoms with E-state index in [1.54, 1.807) is 39.0 Å². The molecule has 2 rings (SSSR count). The highest BCUT2D eigenvalue weighted by Gasteiger charge is 2.40. The van der Waals surface area contributed by atoms with E-state index in [1.807, 2.05) is 6.07 Å². The number of nitriles is 1. The number of ketones is 1. The Morgan fingerprint density at radius 1 is 1.45 bits per heavy atom. The van der Waals surface area contributed by atoms with Crippen molar-refractivity contribution in [1.29, 1.82) is 5.26 Å². The maximum atomic E-state index is 12.3. The van der Waals surface area contributed by atoms with Crippen LogP contribution < -0.4 is 9.64 Å². The largest absolute Gasteiger partial charge is 0.476 e. The van der Waals surface area contributed by atoms with E-state index in [-0.39, 0.29) is 18.2 Å². The monoisotopic (exact) mass is 272 g/mol. The lowest BCUT2D eigenvalue weighted by Gasteiger charge is -2.37.